The van der Waals surface area contributed by atoms with Gasteiger partial charge in [-0.2, -0.15) is 0 Å². The van der Waals surface area contributed by atoms with Gasteiger partial charge in [0, 0.05) is 23.9 Å². The predicted molar refractivity (Wildman–Crippen MR) is 146 cm³/mol. The van der Waals surface area contributed by atoms with Crippen LogP contribution in [0.3, 0.4) is 0 Å². The van der Waals surface area contributed by atoms with Crippen molar-refractivity contribution in [1.29, 1.82) is 0 Å². The first-order valence-electron chi connectivity index (χ1n) is 11.1. The van der Waals surface area contributed by atoms with E-state index in [1.807, 2.05) is 0 Å². The zero-order chi connectivity index (χ0) is 24.4. The van der Waals surface area contributed by atoms with E-state index in [0.717, 1.165) is 12.6 Å². The molecule has 0 aliphatic carbocycles. The van der Waals surface area contributed by atoms with Crippen molar-refractivity contribution in [3.8, 4) is 0 Å². The molecule has 0 aromatic heterocycles. The molecule has 0 unspecified atom stereocenters. The zero-order valence-electron chi connectivity index (χ0n) is 21.8. The molecule has 0 atom stereocenters. The molecule has 180 valence electrons. The Morgan fingerprint density at radius 1 is 0.645 bits per heavy atom. The van der Waals surface area contributed by atoms with Gasteiger partial charge in [0.2, 0.25) is 0 Å². The van der Waals surface area contributed by atoms with Crippen molar-refractivity contribution >= 4 is 44.2 Å². The van der Waals surface area contributed by atoms with Gasteiger partial charge in [-0.1, -0.05) is 111 Å². The third-order valence-corrected chi connectivity index (χ3v) is 13.3. The average Bonchev–Trinajstić information content (AvgIpc) is 2.93. The summed E-state index contributed by atoms with van der Waals surface area (Å²) in [6.45, 7) is 29.0. The summed E-state index contributed by atoms with van der Waals surface area (Å²) >= 11 is 1.61. The molecular weight excluding hydrogens is 620 g/mol. The Hall–Kier alpha value is 0.723. The molecular formula is C24H44BClN2P2Pt. The first kappa shape index (κ1) is 29.8. The Labute approximate surface area is 212 Å². The minimum absolute atomic E-state index is 0.189. The van der Waals surface area contributed by atoms with Crippen LogP contribution in [0.4, 0.5) is 11.4 Å². The molecule has 0 bridgehead atoms. The molecule has 0 saturated carbocycles. The summed E-state index contributed by atoms with van der Waals surface area (Å²) in [5, 5.41) is 1.31. The van der Waals surface area contributed by atoms with Crippen molar-refractivity contribution in [2.75, 3.05) is 22.2 Å². The van der Waals surface area contributed by atoms with Crippen LogP contribution in [-0.2, 0) is 18.8 Å². The summed E-state index contributed by atoms with van der Waals surface area (Å²) in [5.41, 5.74) is 2.76. The van der Waals surface area contributed by atoms with Crippen LogP contribution in [0.15, 0.2) is 24.3 Å². The Kier molecular flexibility index (Phi) is 10.5. The number of hydrogen-bond donors (Lipinski definition) is 0. The van der Waals surface area contributed by atoms with Gasteiger partial charge in [-0.15, -0.1) is 0 Å². The average molecular weight is 664 g/mol. The van der Waals surface area contributed by atoms with Crippen LogP contribution < -0.4 is 9.62 Å². The SMILES string of the molecule is CC(C)(C)P(CN1[B]N(CP(C(C)(C)C)C(C)(C)C)c2ccccc21)C(C)(C)C.[Cl][Pt]. The number of halogens is 1. The van der Waals surface area contributed by atoms with Gasteiger partial charge in [-0.05, 0) is 32.8 Å². The monoisotopic (exact) mass is 663 g/mol. The zero-order valence-corrected chi connectivity index (χ0v) is 26.6. The predicted octanol–water partition coefficient (Wildman–Crippen LogP) is 8.61. The Morgan fingerprint density at radius 2 is 0.903 bits per heavy atom. The quantitative estimate of drug-likeness (QED) is 0.235. The molecule has 1 radical (unpaired) electrons. The third-order valence-electron chi connectivity index (χ3n) is 5.61. The van der Waals surface area contributed by atoms with Crippen molar-refractivity contribution in [3.05, 3.63) is 24.3 Å². The van der Waals surface area contributed by atoms with Gasteiger partial charge >= 0.3 is 35.7 Å². The first-order chi connectivity index (χ1) is 13.9. The molecule has 1 aliphatic heterocycles. The van der Waals surface area contributed by atoms with E-state index in [0.29, 0.717) is 20.6 Å². The van der Waals surface area contributed by atoms with E-state index in [1.54, 1.807) is 18.8 Å². The van der Waals surface area contributed by atoms with Crippen LogP contribution in [0.5, 0.6) is 0 Å². The van der Waals surface area contributed by atoms with Crippen molar-refractivity contribution in [3.63, 3.8) is 0 Å². The summed E-state index contributed by atoms with van der Waals surface area (Å²) in [5.74, 6) is 0. The maximum atomic E-state index is 4.61. The standard InChI is InChI=1S/C24H44BN2P2.ClH.Pt/c1-21(2,3)28(22(4,5)6)17-26-19-15-13-14-16-20(19)27(25-26)18-29(23(7,8)9)24(10,11)12;;/h13-16H,17-18H2,1-12H3;1H;/q;;+1/p-1. The van der Waals surface area contributed by atoms with Crippen LogP contribution in [0.2, 0.25) is 0 Å². The molecule has 0 saturated heterocycles. The molecule has 1 aromatic rings. The second-order valence-electron chi connectivity index (χ2n) is 12.4. The summed E-state index contributed by atoms with van der Waals surface area (Å²) in [6, 6.07) is 8.99. The molecule has 0 amide bonds. The van der Waals surface area contributed by atoms with E-state index in [1.165, 1.54) is 11.4 Å². The number of nitrogens with zero attached hydrogens (tertiary/aromatic N) is 2. The van der Waals surface area contributed by atoms with Crippen LogP contribution in [-0.4, -0.2) is 40.7 Å². The number of benzene rings is 1. The van der Waals surface area contributed by atoms with Gasteiger partial charge in [0.05, 0.1) is 0 Å². The summed E-state index contributed by atoms with van der Waals surface area (Å²) in [7, 11) is 6.65. The second kappa shape index (κ2) is 11.0. The summed E-state index contributed by atoms with van der Waals surface area (Å²) < 4.78 is 0. The van der Waals surface area contributed by atoms with Gasteiger partial charge < -0.3 is 9.62 Å². The van der Waals surface area contributed by atoms with E-state index in [-0.39, 0.29) is 15.8 Å². The fourth-order valence-electron chi connectivity index (χ4n) is 4.63. The molecule has 2 rings (SSSR count). The number of para-hydroxylation sites is 2. The van der Waals surface area contributed by atoms with Crippen molar-refractivity contribution in [1.82, 2.24) is 0 Å². The van der Waals surface area contributed by atoms with Gasteiger partial charge in [-0.25, -0.2) is 0 Å². The fraction of sp³-hybridized carbons (Fsp3) is 0.750. The van der Waals surface area contributed by atoms with Crippen LogP contribution in [0, 0.1) is 0 Å². The third kappa shape index (κ3) is 8.16. The van der Waals surface area contributed by atoms with Gasteiger partial charge in [0.25, 0.3) is 0 Å². The molecule has 31 heavy (non-hydrogen) atoms. The van der Waals surface area contributed by atoms with E-state index in [4.69, 9.17) is 0 Å². The van der Waals surface area contributed by atoms with Gasteiger partial charge in [0.15, 0.2) is 0 Å². The van der Waals surface area contributed by atoms with Gasteiger partial charge in [-0.3, -0.25) is 0 Å². The molecule has 1 aromatic carbocycles. The minimum atomic E-state index is -0.189. The molecule has 0 N–H and O–H groups in total. The van der Waals surface area contributed by atoms with E-state index in [9.17, 15) is 0 Å². The topological polar surface area (TPSA) is 6.48 Å². The molecule has 7 heteroatoms. The van der Waals surface area contributed by atoms with Crippen LogP contribution in [0.1, 0.15) is 83.1 Å². The fourth-order valence-corrected chi connectivity index (χ4v) is 11.4. The maximum absolute atomic E-state index is 4.61. The van der Waals surface area contributed by atoms with Crippen molar-refractivity contribution in [2.45, 2.75) is 104 Å². The molecule has 1 aliphatic rings. The number of hydrogen-bond acceptors (Lipinski definition) is 2. The Balaban J connectivity index is 0.00000233. The van der Waals surface area contributed by atoms with Crippen molar-refractivity contribution in [2.24, 2.45) is 0 Å². The van der Waals surface area contributed by atoms with Crippen molar-refractivity contribution < 1.29 is 18.8 Å². The number of fused-ring (bicyclic) bond motifs is 1. The number of anilines is 2. The van der Waals surface area contributed by atoms with E-state index in [2.05, 4.69) is 134 Å². The summed E-state index contributed by atoms with van der Waals surface area (Å²) in [6.07, 6.45) is 2.25. The Bertz CT molecular complexity index is 618. The molecule has 2 nitrogen and oxygen atoms in total. The number of rotatable bonds is 4. The molecule has 0 fully saturated rings. The van der Waals surface area contributed by atoms with E-state index >= 15 is 0 Å². The normalized spacial score (nSPS) is 15.1. The van der Waals surface area contributed by atoms with Crippen LogP contribution in [0.25, 0.3) is 0 Å². The van der Waals surface area contributed by atoms with E-state index < -0.39 is 0 Å². The van der Waals surface area contributed by atoms with Crippen LogP contribution >= 0.6 is 25.3 Å². The Morgan fingerprint density at radius 3 is 1.13 bits per heavy atom. The molecule has 1 heterocycles. The first-order valence-corrected chi connectivity index (χ1v) is 16.9. The molecule has 0 spiro atoms. The second-order valence-corrected chi connectivity index (χ2v) is 20.0. The summed E-state index contributed by atoms with van der Waals surface area (Å²) in [4.78, 5) is 5.10. The van der Waals surface area contributed by atoms with Gasteiger partial charge in [0.1, 0.15) is 0 Å².